The second kappa shape index (κ2) is 8.99. The molecule has 0 radical (unpaired) electrons. The van der Waals surface area contributed by atoms with E-state index in [-0.39, 0.29) is 0 Å². The van der Waals surface area contributed by atoms with Gasteiger partial charge in [0.2, 0.25) is 0 Å². The molecule has 0 aliphatic rings. The van der Waals surface area contributed by atoms with Crippen molar-refractivity contribution in [2.24, 2.45) is 0 Å². The first-order valence-corrected chi connectivity index (χ1v) is 11.6. The van der Waals surface area contributed by atoms with Crippen LogP contribution in [0.5, 0.6) is 0 Å². The third-order valence-electron chi connectivity index (χ3n) is 5.47. The van der Waals surface area contributed by atoms with Crippen molar-refractivity contribution in [3.8, 4) is 11.1 Å². The maximum Gasteiger partial charge on any atom is 0.165 e. The molecule has 150 valence electrons. The molecule has 0 aliphatic heterocycles. The van der Waals surface area contributed by atoms with Gasteiger partial charge in [-0.15, -0.1) is 11.8 Å². The average molecular weight is 397 g/mol. The molecular formula is C23H32N4S. The molecule has 3 rings (SSSR count). The Kier molecular flexibility index (Phi) is 6.65. The number of aromatic nitrogens is 3. The van der Waals surface area contributed by atoms with Gasteiger partial charge in [-0.3, -0.25) is 0 Å². The van der Waals surface area contributed by atoms with Gasteiger partial charge >= 0.3 is 0 Å². The summed E-state index contributed by atoms with van der Waals surface area (Å²) in [6.07, 6.45) is 6.35. The van der Waals surface area contributed by atoms with Gasteiger partial charge in [0, 0.05) is 27.8 Å². The summed E-state index contributed by atoms with van der Waals surface area (Å²) in [6.45, 7) is 10.9. The molecule has 0 saturated heterocycles. The highest BCUT2D eigenvalue weighted by atomic mass is 32.2. The lowest BCUT2D eigenvalue weighted by molar-refractivity contribution is 0.661. The van der Waals surface area contributed by atoms with Crippen molar-refractivity contribution < 1.29 is 0 Å². The van der Waals surface area contributed by atoms with Gasteiger partial charge in [-0.25, -0.2) is 4.98 Å². The van der Waals surface area contributed by atoms with Crippen LogP contribution in [0.3, 0.4) is 0 Å². The van der Waals surface area contributed by atoms with E-state index in [1.165, 1.54) is 21.7 Å². The van der Waals surface area contributed by atoms with Crippen LogP contribution in [0.15, 0.2) is 29.2 Å². The highest BCUT2D eigenvalue weighted by Gasteiger charge is 2.20. The first kappa shape index (κ1) is 20.7. The van der Waals surface area contributed by atoms with Crippen molar-refractivity contribution in [3.63, 3.8) is 0 Å². The maximum atomic E-state index is 5.08. The van der Waals surface area contributed by atoms with E-state index >= 15 is 0 Å². The van der Waals surface area contributed by atoms with Crippen molar-refractivity contribution >= 4 is 23.2 Å². The number of thioether (sulfide) groups is 1. The summed E-state index contributed by atoms with van der Waals surface area (Å²) < 4.78 is 2.03. The molecule has 0 unspecified atom stereocenters. The molecule has 5 heteroatoms. The van der Waals surface area contributed by atoms with E-state index in [0.717, 1.165) is 48.4 Å². The van der Waals surface area contributed by atoms with Gasteiger partial charge < -0.3 is 5.32 Å². The predicted octanol–water partition coefficient (Wildman–Crippen LogP) is 6.29. The Labute approximate surface area is 173 Å². The highest BCUT2D eigenvalue weighted by molar-refractivity contribution is 7.98. The van der Waals surface area contributed by atoms with Gasteiger partial charge in [0.15, 0.2) is 5.65 Å². The van der Waals surface area contributed by atoms with Gasteiger partial charge in [0.05, 0.1) is 5.69 Å². The highest BCUT2D eigenvalue weighted by Crippen LogP contribution is 2.32. The van der Waals surface area contributed by atoms with Crippen LogP contribution in [0.2, 0.25) is 0 Å². The van der Waals surface area contributed by atoms with E-state index in [1.807, 2.05) is 4.52 Å². The third kappa shape index (κ3) is 3.90. The molecular weight excluding hydrogens is 364 g/mol. The largest absolute Gasteiger partial charge is 0.367 e. The predicted molar refractivity (Wildman–Crippen MR) is 122 cm³/mol. The van der Waals surface area contributed by atoms with E-state index in [0.29, 0.717) is 6.04 Å². The van der Waals surface area contributed by atoms with Crippen LogP contribution in [0.25, 0.3) is 16.8 Å². The minimum Gasteiger partial charge on any atom is -0.367 e. The summed E-state index contributed by atoms with van der Waals surface area (Å²) in [5.41, 5.74) is 6.68. The summed E-state index contributed by atoms with van der Waals surface area (Å²) >= 11 is 1.76. The first-order valence-electron chi connectivity index (χ1n) is 10.3. The van der Waals surface area contributed by atoms with Crippen LogP contribution in [0.4, 0.5) is 5.82 Å². The minimum absolute atomic E-state index is 0.438. The first-order chi connectivity index (χ1) is 13.5. The lowest BCUT2D eigenvalue weighted by Gasteiger charge is -2.20. The van der Waals surface area contributed by atoms with Crippen molar-refractivity contribution in [2.45, 2.75) is 71.2 Å². The van der Waals surface area contributed by atoms with Crippen LogP contribution < -0.4 is 5.32 Å². The molecule has 4 nitrogen and oxygen atoms in total. The van der Waals surface area contributed by atoms with Crippen molar-refractivity contribution in [2.75, 3.05) is 11.6 Å². The van der Waals surface area contributed by atoms with Gasteiger partial charge in [0.1, 0.15) is 5.82 Å². The second-order valence-electron chi connectivity index (χ2n) is 7.36. The summed E-state index contributed by atoms with van der Waals surface area (Å²) in [7, 11) is 0. The normalized spacial score (nSPS) is 11.5. The lowest BCUT2D eigenvalue weighted by atomic mass is 10.1. The number of rotatable bonds is 8. The lowest BCUT2D eigenvalue weighted by Crippen LogP contribution is -2.21. The zero-order valence-corrected chi connectivity index (χ0v) is 18.8. The maximum absolute atomic E-state index is 5.08. The van der Waals surface area contributed by atoms with Crippen LogP contribution in [0, 0.1) is 13.8 Å². The van der Waals surface area contributed by atoms with Gasteiger partial charge in [-0.2, -0.15) is 9.61 Å². The molecule has 0 bridgehead atoms. The number of fused-ring (bicyclic) bond motifs is 1. The quantitative estimate of drug-likeness (QED) is 0.454. The van der Waals surface area contributed by atoms with Crippen LogP contribution in [0.1, 0.15) is 57.0 Å². The van der Waals surface area contributed by atoms with Gasteiger partial charge in [0.25, 0.3) is 0 Å². The van der Waals surface area contributed by atoms with E-state index in [1.54, 1.807) is 11.8 Å². The standard InChI is InChI=1S/C23H32N4S/c1-7-10-20-15(4)22(24-18(8-2)9-3)27-23(25-20)21(16(5)26-27)17-11-13-19(28-6)14-12-17/h11-14,18,24H,7-10H2,1-6H3. The number of nitrogens with one attached hydrogen (secondary N) is 1. The fraction of sp³-hybridized carbons (Fsp3) is 0.478. The Morgan fingerprint density at radius 3 is 2.32 bits per heavy atom. The number of hydrogen-bond donors (Lipinski definition) is 1. The SMILES string of the molecule is CCCc1nc2c(-c3ccc(SC)cc3)c(C)nn2c(NC(CC)CC)c1C. The summed E-state index contributed by atoms with van der Waals surface area (Å²) in [6, 6.07) is 9.16. The molecule has 2 aromatic heterocycles. The van der Waals surface area contributed by atoms with E-state index < -0.39 is 0 Å². The Bertz CT molecular complexity index is 940. The van der Waals surface area contributed by atoms with Crippen LogP contribution in [-0.4, -0.2) is 26.9 Å². The van der Waals surface area contributed by atoms with E-state index in [2.05, 4.69) is 70.5 Å². The molecule has 1 aromatic carbocycles. The molecule has 1 N–H and O–H groups in total. The van der Waals surface area contributed by atoms with E-state index in [9.17, 15) is 0 Å². The fourth-order valence-corrected chi connectivity index (χ4v) is 4.12. The smallest absolute Gasteiger partial charge is 0.165 e. The minimum atomic E-state index is 0.438. The number of hydrogen-bond acceptors (Lipinski definition) is 4. The topological polar surface area (TPSA) is 42.2 Å². The molecule has 0 aliphatic carbocycles. The van der Waals surface area contributed by atoms with Crippen LogP contribution >= 0.6 is 11.8 Å². The Hall–Kier alpha value is -2.01. The number of aryl methyl sites for hydroxylation is 2. The summed E-state index contributed by atoms with van der Waals surface area (Å²) in [5, 5.41) is 8.66. The number of benzene rings is 1. The molecule has 28 heavy (non-hydrogen) atoms. The monoisotopic (exact) mass is 396 g/mol. The summed E-state index contributed by atoms with van der Waals surface area (Å²) in [4.78, 5) is 6.35. The summed E-state index contributed by atoms with van der Waals surface area (Å²) in [5.74, 6) is 1.09. The van der Waals surface area contributed by atoms with Crippen LogP contribution in [-0.2, 0) is 6.42 Å². The van der Waals surface area contributed by atoms with Gasteiger partial charge in [-0.05, 0) is 57.1 Å². The molecule has 0 fully saturated rings. The fourth-order valence-electron chi connectivity index (χ4n) is 3.71. The number of nitrogens with zero attached hydrogens (tertiary/aromatic N) is 3. The molecule has 3 aromatic rings. The third-order valence-corrected chi connectivity index (χ3v) is 6.21. The van der Waals surface area contributed by atoms with Crippen molar-refractivity contribution in [3.05, 3.63) is 41.2 Å². The van der Waals surface area contributed by atoms with Crippen molar-refractivity contribution in [1.29, 1.82) is 0 Å². The van der Waals surface area contributed by atoms with Gasteiger partial charge in [-0.1, -0.05) is 39.3 Å². The Morgan fingerprint density at radius 2 is 1.75 bits per heavy atom. The second-order valence-corrected chi connectivity index (χ2v) is 8.24. The molecule has 0 saturated carbocycles. The Morgan fingerprint density at radius 1 is 1.07 bits per heavy atom. The van der Waals surface area contributed by atoms with E-state index in [4.69, 9.17) is 10.1 Å². The Balaban J connectivity index is 2.23. The average Bonchev–Trinajstić information content (AvgIpc) is 3.04. The molecule has 0 atom stereocenters. The molecule has 0 spiro atoms. The number of anilines is 1. The molecule has 2 heterocycles. The zero-order valence-electron chi connectivity index (χ0n) is 18.0. The molecule has 0 amide bonds. The van der Waals surface area contributed by atoms with Crippen molar-refractivity contribution in [1.82, 2.24) is 14.6 Å². The zero-order chi connectivity index (χ0) is 20.3.